The van der Waals surface area contributed by atoms with E-state index in [0.29, 0.717) is 16.9 Å². The van der Waals surface area contributed by atoms with Gasteiger partial charge in [0.05, 0.1) is 5.56 Å². The zero-order chi connectivity index (χ0) is 14.7. The first-order valence-electron chi connectivity index (χ1n) is 6.04. The molecule has 0 heterocycles. The van der Waals surface area contributed by atoms with Crippen LogP contribution in [0.3, 0.4) is 0 Å². The van der Waals surface area contributed by atoms with Gasteiger partial charge in [0.15, 0.2) is 17.4 Å². The first-order valence-corrected chi connectivity index (χ1v) is 6.04. The van der Waals surface area contributed by atoms with Crippen molar-refractivity contribution in [3.05, 3.63) is 58.9 Å². The molecule has 0 aliphatic carbocycles. The molecule has 2 aromatic rings. The fourth-order valence-corrected chi connectivity index (χ4v) is 1.80. The monoisotopic (exact) mass is 274 g/mol. The Morgan fingerprint density at radius 2 is 1.95 bits per heavy atom. The van der Waals surface area contributed by atoms with Crippen molar-refractivity contribution in [2.75, 3.05) is 0 Å². The van der Waals surface area contributed by atoms with Gasteiger partial charge in [0.25, 0.3) is 0 Å². The zero-order valence-corrected chi connectivity index (χ0v) is 11.2. The Morgan fingerprint density at radius 1 is 1.20 bits per heavy atom. The van der Waals surface area contributed by atoms with Crippen LogP contribution in [0.1, 0.15) is 16.7 Å². The van der Waals surface area contributed by atoms with E-state index in [1.165, 1.54) is 6.07 Å². The molecule has 0 unspecified atom stereocenters. The van der Waals surface area contributed by atoms with E-state index in [1.807, 2.05) is 6.92 Å². The van der Waals surface area contributed by atoms with Crippen LogP contribution in [0.5, 0.6) is 11.5 Å². The van der Waals surface area contributed by atoms with Gasteiger partial charge in [-0.25, -0.2) is 4.39 Å². The third-order valence-electron chi connectivity index (χ3n) is 2.90. The molecule has 3 N–H and O–H groups in total. The van der Waals surface area contributed by atoms with Crippen molar-refractivity contribution in [3.63, 3.8) is 0 Å². The molecule has 0 saturated carbocycles. The smallest absolute Gasteiger partial charge is 0.173 e. The van der Waals surface area contributed by atoms with Gasteiger partial charge in [-0.15, -0.1) is 0 Å². The number of oxime groups is 1. The average Bonchev–Trinajstić information content (AvgIpc) is 2.43. The summed E-state index contributed by atoms with van der Waals surface area (Å²) in [5, 5.41) is 11.7. The lowest BCUT2D eigenvalue weighted by Gasteiger charge is -2.12. The van der Waals surface area contributed by atoms with E-state index in [2.05, 4.69) is 5.16 Å². The summed E-state index contributed by atoms with van der Waals surface area (Å²) in [6.45, 7) is 3.53. The largest absolute Gasteiger partial charge is 0.453 e. The molecule has 0 spiro atoms. The zero-order valence-electron chi connectivity index (χ0n) is 11.2. The average molecular weight is 274 g/mol. The molecule has 2 aromatic carbocycles. The number of aryl methyl sites for hydroxylation is 2. The number of hydrogen-bond acceptors (Lipinski definition) is 3. The molecule has 0 atom stereocenters. The molecule has 0 fully saturated rings. The number of hydrogen-bond donors (Lipinski definition) is 2. The number of benzene rings is 2. The van der Waals surface area contributed by atoms with E-state index in [9.17, 15) is 4.39 Å². The van der Waals surface area contributed by atoms with Crippen molar-refractivity contribution >= 4 is 5.84 Å². The van der Waals surface area contributed by atoms with E-state index in [0.717, 1.165) is 5.56 Å². The topological polar surface area (TPSA) is 67.8 Å². The number of nitrogens with two attached hydrogens (primary N) is 1. The highest BCUT2D eigenvalue weighted by Crippen LogP contribution is 2.29. The molecule has 5 heteroatoms. The molecule has 2 rings (SSSR count). The predicted molar refractivity (Wildman–Crippen MR) is 74.9 cm³/mol. The van der Waals surface area contributed by atoms with Crippen LogP contribution in [0, 0.1) is 19.7 Å². The van der Waals surface area contributed by atoms with Gasteiger partial charge in [-0.3, -0.25) is 0 Å². The van der Waals surface area contributed by atoms with Crippen LogP contribution in [-0.2, 0) is 0 Å². The summed E-state index contributed by atoms with van der Waals surface area (Å²) in [6, 6.07) is 10.0. The van der Waals surface area contributed by atoms with E-state index in [4.69, 9.17) is 15.7 Å². The molecule has 20 heavy (non-hydrogen) atoms. The second-order valence-corrected chi connectivity index (χ2v) is 4.47. The molecule has 0 aromatic heterocycles. The Labute approximate surface area is 116 Å². The lowest BCUT2D eigenvalue weighted by atomic mass is 10.1. The van der Waals surface area contributed by atoms with Crippen LogP contribution >= 0.6 is 0 Å². The predicted octanol–water partition coefficient (Wildman–Crippen LogP) is 3.33. The van der Waals surface area contributed by atoms with Gasteiger partial charge in [-0.1, -0.05) is 23.4 Å². The summed E-state index contributed by atoms with van der Waals surface area (Å²) in [6.07, 6.45) is 0. The summed E-state index contributed by atoms with van der Waals surface area (Å²) >= 11 is 0. The normalized spacial score (nSPS) is 11.4. The molecule has 0 amide bonds. The minimum atomic E-state index is -0.431. The maximum Gasteiger partial charge on any atom is 0.173 e. The molecular formula is C15H15FN2O2. The van der Waals surface area contributed by atoms with Gasteiger partial charge in [-0.05, 0) is 43.2 Å². The summed E-state index contributed by atoms with van der Waals surface area (Å²) in [4.78, 5) is 0. The van der Waals surface area contributed by atoms with Crippen LogP contribution in [-0.4, -0.2) is 11.0 Å². The molecule has 0 aliphatic heterocycles. The second-order valence-electron chi connectivity index (χ2n) is 4.47. The van der Waals surface area contributed by atoms with Gasteiger partial charge in [0, 0.05) is 0 Å². The number of halogens is 1. The first-order chi connectivity index (χ1) is 9.52. The number of nitrogens with zero attached hydrogens (tertiary/aromatic N) is 1. The lowest BCUT2D eigenvalue weighted by Crippen LogP contribution is -2.14. The van der Waals surface area contributed by atoms with Gasteiger partial charge in [0.1, 0.15) is 5.75 Å². The van der Waals surface area contributed by atoms with Gasteiger partial charge >= 0.3 is 0 Å². The number of rotatable bonds is 3. The summed E-state index contributed by atoms with van der Waals surface area (Å²) in [7, 11) is 0. The fourth-order valence-electron chi connectivity index (χ4n) is 1.80. The summed E-state index contributed by atoms with van der Waals surface area (Å²) < 4.78 is 19.5. The Balaban J connectivity index is 2.47. The standard InChI is InChI=1S/C15H15FN2O2/c1-9-6-7-11(15(17)18-19)13(8-9)20-12-5-3-4-10(2)14(12)16/h3-8,19H,1-2H3,(H2,17,18). The number of amidine groups is 1. The third kappa shape index (κ3) is 2.71. The van der Waals surface area contributed by atoms with Gasteiger partial charge in [-0.2, -0.15) is 0 Å². The molecular weight excluding hydrogens is 259 g/mol. The van der Waals surface area contributed by atoms with Crippen molar-refractivity contribution in [3.8, 4) is 11.5 Å². The molecule has 104 valence electrons. The molecule has 0 aliphatic rings. The van der Waals surface area contributed by atoms with Crippen LogP contribution in [0.15, 0.2) is 41.6 Å². The second kappa shape index (κ2) is 5.61. The van der Waals surface area contributed by atoms with Gasteiger partial charge < -0.3 is 15.7 Å². The molecule has 4 nitrogen and oxygen atoms in total. The van der Waals surface area contributed by atoms with E-state index >= 15 is 0 Å². The van der Waals surface area contributed by atoms with Crippen LogP contribution in [0.25, 0.3) is 0 Å². The maximum atomic E-state index is 14.0. The minimum Gasteiger partial charge on any atom is -0.453 e. The van der Waals surface area contributed by atoms with Crippen molar-refractivity contribution < 1.29 is 14.3 Å². The highest BCUT2D eigenvalue weighted by Gasteiger charge is 2.13. The van der Waals surface area contributed by atoms with Crippen molar-refractivity contribution in [1.82, 2.24) is 0 Å². The fraction of sp³-hybridized carbons (Fsp3) is 0.133. The Morgan fingerprint density at radius 3 is 2.65 bits per heavy atom. The molecule has 0 saturated heterocycles. The third-order valence-corrected chi connectivity index (χ3v) is 2.90. The number of ether oxygens (including phenoxy) is 1. The minimum absolute atomic E-state index is 0.0898. The molecule has 0 radical (unpaired) electrons. The Kier molecular flexibility index (Phi) is 3.89. The van der Waals surface area contributed by atoms with E-state index in [-0.39, 0.29) is 11.6 Å². The summed E-state index contributed by atoms with van der Waals surface area (Å²) in [5.74, 6) is -0.0834. The van der Waals surface area contributed by atoms with Crippen molar-refractivity contribution in [1.29, 1.82) is 0 Å². The van der Waals surface area contributed by atoms with Gasteiger partial charge in [0.2, 0.25) is 0 Å². The van der Waals surface area contributed by atoms with Crippen molar-refractivity contribution in [2.45, 2.75) is 13.8 Å². The quantitative estimate of drug-likeness (QED) is 0.390. The Bertz CT molecular complexity index is 669. The lowest BCUT2D eigenvalue weighted by molar-refractivity contribution is 0.318. The maximum absolute atomic E-state index is 14.0. The molecule has 0 bridgehead atoms. The van der Waals surface area contributed by atoms with Crippen LogP contribution in [0.2, 0.25) is 0 Å². The van der Waals surface area contributed by atoms with E-state index in [1.54, 1.807) is 37.3 Å². The van der Waals surface area contributed by atoms with E-state index < -0.39 is 5.82 Å². The highest BCUT2D eigenvalue weighted by molar-refractivity contribution is 5.99. The Hall–Kier alpha value is -2.56. The SMILES string of the molecule is Cc1ccc(/C(N)=N/O)c(Oc2cccc(C)c2F)c1. The van der Waals surface area contributed by atoms with Crippen LogP contribution < -0.4 is 10.5 Å². The summed E-state index contributed by atoms with van der Waals surface area (Å²) in [5.41, 5.74) is 7.40. The first kappa shape index (κ1) is 13.9. The van der Waals surface area contributed by atoms with Crippen molar-refractivity contribution in [2.24, 2.45) is 10.9 Å². The van der Waals surface area contributed by atoms with Crippen LogP contribution in [0.4, 0.5) is 4.39 Å². The highest BCUT2D eigenvalue weighted by atomic mass is 19.1.